The van der Waals surface area contributed by atoms with E-state index < -0.39 is 0 Å². The molecule has 0 radical (unpaired) electrons. The lowest BCUT2D eigenvalue weighted by molar-refractivity contribution is 0.101. The first-order valence-corrected chi connectivity index (χ1v) is 5.40. The van der Waals surface area contributed by atoms with Crippen molar-refractivity contribution in [3.05, 3.63) is 34.9 Å². The van der Waals surface area contributed by atoms with Crippen molar-refractivity contribution >= 4 is 5.78 Å². The Morgan fingerprint density at radius 1 is 1.21 bits per heavy atom. The summed E-state index contributed by atoms with van der Waals surface area (Å²) in [5.41, 5.74) is 3.87. The normalized spacial score (nSPS) is 27.8. The van der Waals surface area contributed by atoms with E-state index in [0.29, 0.717) is 0 Å². The summed E-state index contributed by atoms with van der Waals surface area (Å²) in [5.74, 6) is 1.75. The Morgan fingerprint density at radius 2 is 1.93 bits per heavy atom. The summed E-state index contributed by atoms with van der Waals surface area (Å²) in [4.78, 5) is 11.3. The number of carbonyl (C=O) groups is 1. The number of Topliss-reactive ketones (excluding diaryl/α,β-unsaturated/α-hetero) is 1. The molecule has 2 aliphatic carbocycles. The van der Waals surface area contributed by atoms with Gasteiger partial charge in [-0.3, -0.25) is 4.79 Å². The Morgan fingerprint density at radius 3 is 2.64 bits per heavy atom. The van der Waals surface area contributed by atoms with E-state index in [9.17, 15) is 4.79 Å². The van der Waals surface area contributed by atoms with Gasteiger partial charge in [-0.05, 0) is 55.2 Å². The summed E-state index contributed by atoms with van der Waals surface area (Å²) in [6, 6.07) is 6.29. The SMILES string of the molecule is CC(=O)c1ccc2c(c1)C1CCC2C1. The molecule has 2 atom stereocenters. The van der Waals surface area contributed by atoms with Gasteiger partial charge in [0, 0.05) is 5.56 Å². The molecule has 72 valence electrons. The van der Waals surface area contributed by atoms with Gasteiger partial charge in [0.2, 0.25) is 0 Å². The summed E-state index contributed by atoms with van der Waals surface area (Å²) in [7, 11) is 0. The maximum Gasteiger partial charge on any atom is 0.159 e. The zero-order valence-electron chi connectivity index (χ0n) is 8.42. The van der Waals surface area contributed by atoms with Gasteiger partial charge in [-0.2, -0.15) is 0 Å². The largest absolute Gasteiger partial charge is 0.295 e. The highest BCUT2D eigenvalue weighted by atomic mass is 16.1. The molecule has 1 fully saturated rings. The van der Waals surface area contributed by atoms with Crippen molar-refractivity contribution in [3.63, 3.8) is 0 Å². The lowest BCUT2D eigenvalue weighted by Gasteiger charge is -2.15. The van der Waals surface area contributed by atoms with Crippen molar-refractivity contribution in [2.75, 3.05) is 0 Å². The lowest BCUT2D eigenvalue weighted by atomic mass is 9.90. The number of ketones is 1. The highest BCUT2D eigenvalue weighted by Crippen LogP contribution is 2.52. The topological polar surface area (TPSA) is 17.1 Å². The molecule has 0 spiro atoms. The van der Waals surface area contributed by atoms with Crippen LogP contribution in [0.3, 0.4) is 0 Å². The van der Waals surface area contributed by atoms with Crippen molar-refractivity contribution in [2.24, 2.45) is 0 Å². The molecule has 0 heterocycles. The van der Waals surface area contributed by atoms with E-state index in [4.69, 9.17) is 0 Å². The molecule has 3 rings (SSSR count). The van der Waals surface area contributed by atoms with E-state index in [2.05, 4.69) is 12.1 Å². The second-order valence-corrected chi connectivity index (χ2v) is 4.61. The van der Waals surface area contributed by atoms with Crippen LogP contribution in [0.2, 0.25) is 0 Å². The minimum atomic E-state index is 0.190. The van der Waals surface area contributed by atoms with Crippen molar-refractivity contribution in [3.8, 4) is 0 Å². The summed E-state index contributed by atoms with van der Waals surface area (Å²) in [6.45, 7) is 1.65. The Balaban J connectivity index is 2.12. The number of fused-ring (bicyclic) bond motifs is 5. The van der Waals surface area contributed by atoms with E-state index in [1.807, 2.05) is 6.07 Å². The first-order valence-electron chi connectivity index (χ1n) is 5.40. The Bertz CT molecular complexity index is 406. The minimum absolute atomic E-state index is 0.190. The third-order valence-electron chi connectivity index (χ3n) is 3.81. The molecule has 1 aromatic carbocycles. The molecule has 1 nitrogen and oxygen atoms in total. The van der Waals surface area contributed by atoms with Crippen LogP contribution in [-0.4, -0.2) is 5.78 Å². The van der Waals surface area contributed by atoms with Crippen LogP contribution >= 0.6 is 0 Å². The number of hydrogen-bond acceptors (Lipinski definition) is 1. The van der Waals surface area contributed by atoms with Gasteiger partial charge in [0.25, 0.3) is 0 Å². The van der Waals surface area contributed by atoms with E-state index in [1.54, 1.807) is 6.92 Å². The maximum absolute atomic E-state index is 11.3. The molecule has 2 unspecified atom stereocenters. The van der Waals surface area contributed by atoms with Crippen molar-refractivity contribution in [1.29, 1.82) is 0 Å². The Labute approximate surface area is 84.1 Å². The fraction of sp³-hybridized carbons (Fsp3) is 0.462. The standard InChI is InChI=1S/C13H14O/c1-8(14)9-4-5-12-10-2-3-11(6-10)13(12)7-9/h4-5,7,10-11H,2-3,6H2,1H3. The third kappa shape index (κ3) is 0.985. The van der Waals surface area contributed by atoms with Crippen LogP contribution < -0.4 is 0 Å². The Hall–Kier alpha value is -1.11. The van der Waals surface area contributed by atoms with Gasteiger partial charge < -0.3 is 0 Å². The van der Waals surface area contributed by atoms with Crippen LogP contribution in [0.15, 0.2) is 18.2 Å². The molecular weight excluding hydrogens is 172 g/mol. The van der Waals surface area contributed by atoms with Crippen LogP contribution in [0.5, 0.6) is 0 Å². The molecule has 1 saturated carbocycles. The molecule has 2 bridgehead atoms. The molecule has 14 heavy (non-hydrogen) atoms. The second kappa shape index (κ2) is 2.69. The minimum Gasteiger partial charge on any atom is -0.295 e. The third-order valence-corrected chi connectivity index (χ3v) is 3.81. The highest BCUT2D eigenvalue weighted by molar-refractivity contribution is 5.94. The maximum atomic E-state index is 11.3. The molecule has 0 saturated heterocycles. The van der Waals surface area contributed by atoms with Crippen LogP contribution in [0, 0.1) is 0 Å². The summed E-state index contributed by atoms with van der Waals surface area (Å²) >= 11 is 0. The van der Waals surface area contributed by atoms with E-state index in [0.717, 1.165) is 17.4 Å². The average molecular weight is 186 g/mol. The number of rotatable bonds is 1. The quantitative estimate of drug-likeness (QED) is 0.615. The molecule has 0 aliphatic heterocycles. The summed E-state index contributed by atoms with van der Waals surface area (Å²) < 4.78 is 0. The predicted octanol–water partition coefficient (Wildman–Crippen LogP) is 3.25. The number of carbonyl (C=O) groups excluding carboxylic acids is 1. The van der Waals surface area contributed by atoms with Crippen molar-refractivity contribution in [2.45, 2.75) is 38.0 Å². The molecule has 2 aliphatic rings. The lowest BCUT2D eigenvalue weighted by Crippen LogP contribution is -2.01. The first-order chi connectivity index (χ1) is 6.75. The van der Waals surface area contributed by atoms with Gasteiger partial charge in [-0.1, -0.05) is 12.1 Å². The summed E-state index contributed by atoms with van der Waals surface area (Å²) in [6.07, 6.45) is 4.02. The van der Waals surface area contributed by atoms with Crippen molar-refractivity contribution in [1.82, 2.24) is 0 Å². The molecule has 1 aromatic rings. The zero-order valence-corrected chi connectivity index (χ0v) is 8.42. The molecular formula is C13H14O. The fourth-order valence-electron chi connectivity index (χ4n) is 3.07. The van der Waals surface area contributed by atoms with Gasteiger partial charge >= 0.3 is 0 Å². The van der Waals surface area contributed by atoms with Crippen LogP contribution in [0.25, 0.3) is 0 Å². The molecule has 0 aromatic heterocycles. The van der Waals surface area contributed by atoms with Crippen LogP contribution in [0.1, 0.15) is 59.5 Å². The Kier molecular flexibility index (Phi) is 1.58. The summed E-state index contributed by atoms with van der Waals surface area (Å²) in [5, 5.41) is 0. The predicted molar refractivity (Wildman–Crippen MR) is 55.8 cm³/mol. The van der Waals surface area contributed by atoms with E-state index >= 15 is 0 Å². The molecule has 0 N–H and O–H groups in total. The zero-order chi connectivity index (χ0) is 9.71. The van der Waals surface area contributed by atoms with Gasteiger partial charge in [0.15, 0.2) is 5.78 Å². The van der Waals surface area contributed by atoms with Gasteiger partial charge in [-0.25, -0.2) is 0 Å². The fourth-order valence-corrected chi connectivity index (χ4v) is 3.07. The average Bonchev–Trinajstić information content (AvgIpc) is 2.77. The highest BCUT2D eigenvalue weighted by Gasteiger charge is 2.36. The first kappa shape index (κ1) is 8.22. The van der Waals surface area contributed by atoms with E-state index in [-0.39, 0.29) is 5.78 Å². The molecule has 1 heteroatoms. The smallest absolute Gasteiger partial charge is 0.159 e. The number of hydrogen-bond donors (Lipinski definition) is 0. The number of benzene rings is 1. The van der Waals surface area contributed by atoms with E-state index in [1.165, 1.54) is 30.4 Å². The monoisotopic (exact) mass is 186 g/mol. The second-order valence-electron chi connectivity index (χ2n) is 4.61. The van der Waals surface area contributed by atoms with Crippen LogP contribution in [-0.2, 0) is 0 Å². The molecule has 0 amide bonds. The van der Waals surface area contributed by atoms with Gasteiger partial charge in [-0.15, -0.1) is 0 Å². The van der Waals surface area contributed by atoms with Crippen LogP contribution in [0.4, 0.5) is 0 Å². The van der Waals surface area contributed by atoms with Gasteiger partial charge in [0.05, 0.1) is 0 Å². The van der Waals surface area contributed by atoms with Gasteiger partial charge in [0.1, 0.15) is 0 Å². The van der Waals surface area contributed by atoms with Crippen molar-refractivity contribution < 1.29 is 4.79 Å².